The van der Waals surface area contributed by atoms with E-state index in [1.165, 1.54) is 23.7 Å². The van der Waals surface area contributed by atoms with E-state index in [1.807, 2.05) is 11.8 Å². The van der Waals surface area contributed by atoms with Crippen LogP contribution in [0.15, 0.2) is 24.3 Å². The molecule has 0 spiro atoms. The number of carbonyl (C=O) groups is 1. The van der Waals surface area contributed by atoms with Crippen molar-refractivity contribution in [1.29, 1.82) is 0 Å². The Kier molecular flexibility index (Phi) is 6.04. The Bertz CT molecular complexity index is 645. The third-order valence-electron chi connectivity index (χ3n) is 3.67. The van der Waals surface area contributed by atoms with E-state index in [0.717, 1.165) is 17.1 Å². The molecule has 1 unspecified atom stereocenters. The first kappa shape index (κ1) is 17.3. The van der Waals surface area contributed by atoms with Crippen molar-refractivity contribution in [1.82, 2.24) is 9.36 Å². The number of halogens is 1. The van der Waals surface area contributed by atoms with Crippen molar-refractivity contribution in [2.75, 3.05) is 11.4 Å². The van der Waals surface area contributed by atoms with Crippen molar-refractivity contribution in [3.8, 4) is 0 Å². The lowest BCUT2D eigenvalue weighted by Gasteiger charge is -2.26. The lowest BCUT2D eigenvalue weighted by atomic mass is 10.1. The summed E-state index contributed by atoms with van der Waals surface area (Å²) < 4.78 is 17.3. The summed E-state index contributed by atoms with van der Waals surface area (Å²) in [5.41, 5.74) is 0.941. The van der Waals surface area contributed by atoms with Crippen LogP contribution in [-0.2, 0) is 11.2 Å². The fourth-order valence-corrected chi connectivity index (χ4v) is 2.97. The fraction of sp³-hybridized carbons (Fsp3) is 0.438. The third kappa shape index (κ3) is 4.99. The van der Waals surface area contributed by atoms with Crippen molar-refractivity contribution in [2.45, 2.75) is 39.2 Å². The van der Waals surface area contributed by atoms with Crippen molar-refractivity contribution in [3.05, 3.63) is 41.5 Å². The largest absolute Gasteiger partial charge is 0.481 e. The Morgan fingerprint density at radius 2 is 2.09 bits per heavy atom. The summed E-state index contributed by atoms with van der Waals surface area (Å²) >= 11 is 1.27. The van der Waals surface area contributed by atoms with E-state index in [4.69, 9.17) is 5.11 Å². The number of aromatic nitrogens is 2. The van der Waals surface area contributed by atoms with Crippen LogP contribution in [0.2, 0.25) is 0 Å². The van der Waals surface area contributed by atoms with E-state index in [0.29, 0.717) is 18.8 Å². The first-order valence-corrected chi connectivity index (χ1v) is 8.32. The molecule has 7 heteroatoms. The molecule has 1 atom stereocenters. The topological polar surface area (TPSA) is 66.3 Å². The molecule has 0 aliphatic carbocycles. The van der Waals surface area contributed by atoms with Crippen LogP contribution in [0.1, 0.15) is 38.1 Å². The number of anilines is 1. The molecular weight excluding hydrogens is 317 g/mol. The molecule has 1 aromatic carbocycles. The fourth-order valence-electron chi connectivity index (χ4n) is 2.16. The summed E-state index contributed by atoms with van der Waals surface area (Å²) in [6.45, 7) is 4.51. The van der Waals surface area contributed by atoms with E-state index in [1.54, 1.807) is 12.1 Å². The van der Waals surface area contributed by atoms with Gasteiger partial charge < -0.3 is 10.0 Å². The summed E-state index contributed by atoms with van der Waals surface area (Å²) in [6, 6.07) is 6.46. The molecule has 0 saturated carbocycles. The number of hydrogen-bond acceptors (Lipinski definition) is 5. The zero-order valence-electron chi connectivity index (χ0n) is 13.2. The number of carboxylic acids is 1. The number of hydrogen-bond donors (Lipinski definition) is 1. The van der Waals surface area contributed by atoms with Gasteiger partial charge in [-0.05, 0) is 31.0 Å². The maximum Gasteiger partial charge on any atom is 0.305 e. The Hall–Kier alpha value is -2.02. The van der Waals surface area contributed by atoms with Crippen LogP contribution in [0.25, 0.3) is 0 Å². The van der Waals surface area contributed by atoms with Gasteiger partial charge in [0.2, 0.25) is 5.13 Å². The van der Waals surface area contributed by atoms with Gasteiger partial charge in [-0.2, -0.15) is 4.37 Å². The number of aliphatic carboxylic acids is 1. The average molecular weight is 337 g/mol. The minimum absolute atomic E-state index is 0.0667. The quantitative estimate of drug-likeness (QED) is 0.800. The van der Waals surface area contributed by atoms with E-state index in [9.17, 15) is 9.18 Å². The van der Waals surface area contributed by atoms with Gasteiger partial charge in [-0.25, -0.2) is 9.37 Å². The second kappa shape index (κ2) is 8.01. The number of carboxylic acid groups (broad SMARTS) is 1. The molecule has 2 rings (SSSR count). The van der Waals surface area contributed by atoms with E-state index < -0.39 is 5.97 Å². The van der Waals surface area contributed by atoms with Crippen LogP contribution in [-0.4, -0.2) is 33.0 Å². The van der Waals surface area contributed by atoms with Gasteiger partial charge in [0.1, 0.15) is 11.6 Å². The molecule has 0 fully saturated rings. The van der Waals surface area contributed by atoms with Gasteiger partial charge in [0.15, 0.2) is 0 Å². The lowest BCUT2D eigenvalue weighted by molar-refractivity contribution is -0.136. The third-order valence-corrected chi connectivity index (χ3v) is 4.46. The number of benzene rings is 1. The Balaban J connectivity index is 2.10. The predicted molar refractivity (Wildman–Crippen MR) is 88.5 cm³/mol. The SMILES string of the molecule is CCC(C)N(CCC(=O)O)c1nc(Cc2ccc(F)cc2)ns1. The number of nitrogens with zero attached hydrogens (tertiary/aromatic N) is 3. The van der Waals surface area contributed by atoms with Crippen LogP contribution in [0.3, 0.4) is 0 Å². The Morgan fingerprint density at radius 1 is 1.39 bits per heavy atom. The Labute approximate surface area is 139 Å². The zero-order valence-corrected chi connectivity index (χ0v) is 14.0. The van der Waals surface area contributed by atoms with Crippen LogP contribution < -0.4 is 4.90 Å². The molecule has 124 valence electrons. The maximum absolute atomic E-state index is 12.9. The summed E-state index contributed by atoms with van der Waals surface area (Å²) in [4.78, 5) is 17.3. The van der Waals surface area contributed by atoms with Gasteiger partial charge in [0.05, 0.1) is 6.42 Å². The van der Waals surface area contributed by atoms with Gasteiger partial charge >= 0.3 is 5.97 Å². The molecule has 0 radical (unpaired) electrons. The van der Waals surface area contributed by atoms with E-state index in [-0.39, 0.29) is 18.3 Å². The average Bonchev–Trinajstić information content (AvgIpc) is 2.97. The van der Waals surface area contributed by atoms with Gasteiger partial charge in [0.25, 0.3) is 0 Å². The summed E-state index contributed by atoms with van der Waals surface area (Å²) in [6.07, 6.45) is 1.49. The lowest BCUT2D eigenvalue weighted by Crippen LogP contribution is -2.34. The van der Waals surface area contributed by atoms with Gasteiger partial charge in [-0.1, -0.05) is 19.1 Å². The van der Waals surface area contributed by atoms with Crippen molar-refractivity contribution in [3.63, 3.8) is 0 Å². The van der Waals surface area contributed by atoms with Gasteiger partial charge in [-0.3, -0.25) is 4.79 Å². The predicted octanol–water partition coefficient (Wildman–Crippen LogP) is 3.35. The smallest absolute Gasteiger partial charge is 0.305 e. The van der Waals surface area contributed by atoms with Crippen molar-refractivity contribution < 1.29 is 14.3 Å². The molecule has 2 aromatic rings. The molecular formula is C16H20FN3O2S. The molecule has 0 aliphatic rings. The molecule has 0 bridgehead atoms. The minimum Gasteiger partial charge on any atom is -0.481 e. The van der Waals surface area contributed by atoms with Crippen LogP contribution in [0.5, 0.6) is 0 Å². The summed E-state index contributed by atoms with van der Waals surface area (Å²) in [5, 5.41) is 9.63. The molecule has 1 N–H and O–H groups in total. The second-order valence-electron chi connectivity index (χ2n) is 5.39. The molecule has 23 heavy (non-hydrogen) atoms. The maximum atomic E-state index is 12.9. The molecule has 0 saturated heterocycles. The molecule has 1 aromatic heterocycles. The Morgan fingerprint density at radius 3 is 2.70 bits per heavy atom. The first-order chi connectivity index (χ1) is 11.0. The van der Waals surface area contributed by atoms with Crippen LogP contribution in [0.4, 0.5) is 9.52 Å². The summed E-state index contributed by atoms with van der Waals surface area (Å²) in [5.74, 6) is -0.424. The zero-order chi connectivity index (χ0) is 16.8. The highest BCUT2D eigenvalue weighted by Gasteiger charge is 2.18. The van der Waals surface area contributed by atoms with Gasteiger partial charge in [0, 0.05) is 30.5 Å². The number of rotatable bonds is 8. The molecule has 0 aliphatic heterocycles. The standard InChI is InChI=1S/C16H20FN3O2S/c1-3-11(2)20(9-8-15(21)22)16-18-14(19-23-16)10-12-4-6-13(17)7-5-12/h4-7,11H,3,8-10H2,1-2H3,(H,21,22). The van der Waals surface area contributed by atoms with Crippen LogP contribution >= 0.6 is 11.5 Å². The van der Waals surface area contributed by atoms with Crippen molar-refractivity contribution >= 4 is 22.6 Å². The van der Waals surface area contributed by atoms with Crippen LogP contribution in [0, 0.1) is 5.82 Å². The monoisotopic (exact) mass is 337 g/mol. The highest BCUT2D eigenvalue weighted by atomic mass is 32.1. The molecule has 1 heterocycles. The van der Waals surface area contributed by atoms with Crippen molar-refractivity contribution in [2.24, 2.45) is 0 Å². The minimum atomic E-state index is -0.825. The van der Waals surface area contributed by atoms with Gasteiger partial charge in [-0.15, -0.1) is 0 Å². The second-order valence-corrected chi connectivity index (χ2v) is 6.12. The summed E-state index contributed by atoms with van der Waals surface area (Å²) in [7, 11) is 0. The highest BCUT2D eigenvalue weighted by Crippen LogP contribution is 2.22. The highest BCUT2D eigenvalue weighted by molar-refractivity contribution is 7.09. The molecule has 0 amide bonds. The molecule has 5 nitrogen and oxygen atoms in total. The van der Waals surface area contributed by atoms with E-state index >= 15 is 0 Å². The normalized spacial score (nSPS) is 12.1. The first-order valence-electron chi connectivity index (χ1n) is 7.55. The van der Waals surface area contributed by atoms with E-state index in [2.05, 4.69) is 16.3 Å².